The first-order valence-electron chi connectivity index (χ1n) is 6.06. The first-order valence-corrected chi connectivity index (χ1v) is 7.62. The molecule has 106 valence electrons. The van der Waals surface area contributed by atoms with Gasteiger partial charge in [-0.25, -0.2) is 0 Å². The molecule has 1 atom stereocenters. The van der Waals surface area contributed by atoms with Crippen LogP contribution < -0.4 is 5.46 Å². The van der Waals surface area contributed by atoms with E-state index < -0.39 is 29.1 Å². The van der Waals surface area contributed by atoms with Gasteiger partial charge in [0.15, 0.2) is 0 Å². The number of rotatable bonds is 5. The fourth-order valence-electron chi connectivity index (χ4n) is 1.34. The molecule has 19 heavy (non-hydrogen) atoms. The largest absolute Gasteiger partial charge is 0.491 e. The lowest BCUT2D eigenvalue weighted by Gasteiger charge is -2.38. The molecule has 1 aromatic rings. The number of hydrogen-bond donors (Lipinski definition) is 2. The van der Waals surface area contributed by atoms with E-state index in [0.29, 0.717) is 10.4 Å². The predicted octanol–water partition coefficient (Wildman–Crippen LogP) is 0.678. The molecule has 0 aliphatic heterocycles. The molecule has 0 saturated heterocycles. The second-order valence-electron chi connectivity index (χ2n) is 5.57. The van der Waals surface area contributed by atoms with Gasteiger partial charge in [-0.15, -0.1) is 0 Å². The Kier molecular flexibility index (Phi) is 4.95. The summed E-state index contributed by atoms with van der Waals surface area (Å²) in [5.74, 6) is 0. The third kappa shape index (κ3) is 4.14. The van der Waals surface area contributed by atoms with Crippen LogP contribution in [0.15, 0.2) is 29.2 Å². The summed E-state index contributed by atoms with van der Waals surface area (Å²) < 4.78 is 16.9. The minimum Gasteiger partial charge on any atom is -0.423 e. The summed E-state index contributed by atoms with van der Waals surface area (Å²) in [6, 6.07) is 6.78. The minimum absolute atomic E-state index is 0.519. The molecule has 0 spiro atoms. The maximum absolute atomic E-state index is 11.4. The van der Waals surface area contributed by atoms with Crippen LogP contribution in [0.1, 0.15) is 27.7 Å². The van der Waals surface area contributed by atoms with E-state index in [0.717, 1.165) is 0 Å². The maximum Gasteiger partial charge on any atom is 0.491 e. The zero-order valence-electron chi connectivity index (χ0n) is 12.0. The lowest BCUT2D eigenvalue weighted by molar-refractivity contribution is -0.0982. The first-order chi connectivity index (χ1) is 8.54. The van der Waals surface area contributed by atoms with Crippen LogP contribution in [0.2, 0.25) is 0 Å². The fourth-order valence-corrected chi connectivity index (χ4v) is 1.91. The van der Waals surface area contributed by atoms with Gasteiger partial charge in [0.25, 0.3) is 0 Å². The second-order valence-corrected chi connectivity index (χ2v) is 6.95. The summed E-state index contributed by atoms with van der Waals surface area (Å²) in [7, 11) is -2.29. The molecule has 0 bridgehead atoms. The number of aliphatic hydroxyl groups is 1. The normalized spacial score (nSPS) is 14.3. The molecule has 1 rings (SSSR count). The van der Waals surface area contributed by atoms with Gasteiger partial charge in [-0.2, -0.15) is 0 Å². The van der Waals surface area contributed by atoms with Crippen LogP contribution >= 0.6 is 0 Å². The number of hydrogen-bond acceptors (Lipinski definition) is 4. The molecule has 0 amide bonds. The molecule has 0 aliphatic carbocycles. The Morgan fingerprint density at radius 1 is 1.26 bits per heavy atom. The monoisotopic (exact) mass is 284 g/mol. The van der Waals surface area contributed by atoms with Gasteiger partial charge in [0.1, 0.15) is 0 Å². The van der Waals surface area contributed by atoms with Gasteiger partial charge in [0.05, 0.1) is 11.2 Å². The van der Waals surface area contributed by atoms with E-state index in [9.17, 15) is 14.3 Å². The topological polar surface area (TPSA) is 66.8 Å². The molecule has 0 fully saturated rings. The Hall–Kier alpha value is -0.685. The van der Waals surface area contributed by atoms with E-state index in [-0.39, 0.29) is 0 Å². The maximum atomic E-state index is 11.4. The quantitative estimate of drug-likeness (QED) is 0.780. The summed E-state index contributed by atoms with van der Waals surface area (Å²) >= 11 is 0. The summed E-state index contributed by atoms with van der Waals surface area (Å²) in [4.78, 5) is 0.626. The highest BCUT2D eigenvalue weighted by molar-refractivity contribution is 7.84. The zero-order chi connectivity index (χ0) is 14.8. The van der Waals surface area contributed by atoms with E-state index in [1.54, 1.807) is 58.2 Å². The molecular formula is C13H21BO4S. The van der Waals surface area contributed by atoms with Crippen molar-refractivity contribution >= 4 is 23.4 Å². The van der Waals surface area contributed by atoms with Crippen LogP contribution in [0.25, 0.3) is 0 Å². The Morgan fingerprint density at radius 3 is 2.32 bits per heavy atom. The van der Waals surface area contributed by atoms with Crippen molar-refractivity contribution in [2.24, 2.45) is 0 Å². The molecule has 2 N–H and O–H groups in total. The van der Waals surface area contributed by atoms with Crippen LogP contribution in [0.5, 0.6) is 0 Å². The molecule has 0 aromatic heterocycles. The van der Waals surface area contributed by atoms with E-state index in [4.69, 9.17) is 4.65 Å². The van der Waals surface area contributed by atoms with Crippen molar-refractivity contribution in [1.29, 1.82) is 0 Å². The van der Waals surface area contributed by atoms with E-state index in [1.807, 2.05) is 0 Å². The van der Waals surface area contributed by atoms with Crippen LogP contribution in [0, 0.1) is 0 Å². The van der Waals surface area contributed by atoms with Crippen molar-refractivity contribution in [3.8, 4) is 0 Å². The highest BCUT2D eigenvalue weighted by atomic mass is 32.2. The lowest BCUT2D eigenvalue weighted by Crippen LogP contribution is -2.53. The molecule has 1 aromatic carbocycles. The van der Waals surface area contributed by atoms with Crippen molar-refractivity contribution in [1.82, 2.24) is 0 Å². The average Bonchev–Trinajstić information content (AvgIpc) is 2.27. The Morgan fingerprint density at radius 2 is 1.84 bits per heavy atom. The van der Waals surface area contributed by atoms with Crippen LogP contribution in [-0.4, -0.2) is 38.9 Å². The summed E-state index contributed by atoms with van der Waals surface area (Å²) in [5.41, 5.74) is -1.50. The van der Waals surface area contributed by atoms with Gasteiger partial charge in [-0.05, 0) is 45.3 Å². The van der Waals surface area contributed by atoms with Crippen molar-refractivity contribution in [3.05, 3.63) is 24.3 Å². The minimum atomic E-state index is -1.18. The Labute approximate surface area is 117 Å². The molecule has 0 saturated carbocycles. The molecule has 0 heterocycles. The van der Waals surface area contributed by atoms with Gasteiger partial charge in [-0.3, -0.25) is 4.21 Å². The van der Waals surface area contributed by atoms with Crippen molar-refractivity contribution in [2.45, 2.75) is 43.8 Å². The molecule has 0 aliphatic rings. The van der Waals surface area contributed by atoms with Crippen molar-refractivity contribution in [2.75, 3.05) is 6.26 Å². The predicted molar refractivity (Wildman–Crippen MR) is 77.8 cm³/mol. The number of benzene rings is 1. The van der Waals surface area contributed by atoms with E-state index in [1.165, 1.54) is 0 Å². The van der Waals surface area contributed by atoms with Crippen LogP contribution in [0.3, 0.4) is 0 Å². The third-order valence-corrected chi connectivity index (χ3v) is 4.27. The van der Waals surface area contributed by atoms with Gasteiger partial charge >= 0.3 is 7.12 Å². The second kappa shape index (κ2) is 5.75. The molecule has 6 heteroatoms. The van der Waals surface area contributed by atoms with E-state index in [2.05, 4.69) is 0 Å². The highest BCUT2D eigenvalue weighted by Crippen LogP contribution is 2.25. The molecule has 4 nitrogen and oxygen atoms in total. The standard InChI is InChI=1S/C13H21BO4S/c1-12(2,15)13(3,4)18-14(16)10-7-6-8-11(9-10)19(5)17/h6-9,15-16H,1-5H3/t19-/m0/s1. The van der Waals surface area contributed by atoms with Gasteiger partial charge in [-0.1, -0.05) is 12.1 Å². The van der Waals surface area contributed by atoms with Gasteiger partial charge in [0.2, 0.25) is 0 Å². The molecular weight excluding hydrogens is 263 g/mol. The summed E-state index contributed by atoms with van der Waals surface area (Å²) in [6.45, 7) is 6.66. The van der Waals surface area contributed by atoms with Crippen LogP contribution in [-0.2, 0) is 15.5 Å². The highest BCUT2D eigenvalue weighted by Gasteiger charge is 2.39. The fraction of sp³-hybridized carbons (Fsp3) is 0.538. The third-order valence-electron chi connectivity index (χ3n) is 3.35. The van der Waals surface area contributed by atoms with Gasteiger partial charge in [0, 0.05) is 22.0 Å². The zero-order valence-corrected chi connectivity index (χ0v) is 12.8. The molecule has 0 unspecified atom stereocenters. The Bertz CT molecular complexity index is 468. The first kappa shape index (κ1) is 16.4. The average molecular weight is 284 g/mol. The molecule has 0 radical (unpaired) electrons. The summed E-state index contributed by atoms with van der Waals surface area (Å²) in [5, 5.41) is 20.1. The van der Waals surface area contributed by atoms with Crippen molar-refractivity contribution in [3.63, 3.8) is 0 Å². The van der Waals surface area contributed by atoms with Crippen molar-refractivity contribution < 1.29 is 19.0 Å². The Balaban J connectivity index is 2.93. The van der Waals surface area contributed by atoms with Crippen LogP contribution in [0.4, 0.5) is 0 Å². The SMILES string of the molecule is C[S@](=O)c1cccc(B(O)OC(C)(C)C(C)(C)O)c1. The van der Waals surface area contributed by atoms with Gasteiger partial charge < -0.3 is 14.8 Å². The summed E-state index contributed by atoms with van der Waals surface area (Å²) in [6.07, 6.45) is 1.58. The van der Waals surface area contributed by atoms with E-state index >= 15 is 0 Å². The smallest absolute Gasteiger partial charge is 0.423 e. The lowest BCUT2D eigenvalue weighted by atomic mass is 9.76.